The smallest absolute Gasteiger partial charge is 0.191 e. The van der Waals surface area contributed by atoms with E-state index in [1.165, 1.54) is 0 Å². The molecule has 1 aromatic carbocycles. The van der Waals surface area contributed by atoms with Crippen molar-refractivity contribution in [3.8, 4) is 5.75 Å². The quantitative estimate of drug-likeness (QED) is 0.532. The highest BCUT2D eigenvalue weighted by Gasteiger charge is 2.22. The zero-order chi connectivity index (χ0) is 19.8. The summed E-state index contributed by atoms with van der Waals surface area (Å²) in [6.45, 7) is 7.28. The molecule has 1 aliphatic heterocycles. The molecule has 1 atom stereocenters. The van der Waals surface area contributed by atoms with E-state index in [0.29, 0.717) is 19.8 Å². The van der Waals surface area contributed by atoms with Crippen LogP contribution >= 0.6 is 0 Å². The first-order valence-corrected chi connectivity index (χ1v) is 9.90. The van der Waals surface area contributed by atoms with Gasteiger partial charge in [0.2, 0.25) is 0 Å². The van der Waals surface area contributed by atoms with Gasteiger partial charge in [-0.25, -0.2) is 14.7 Å². The Morgan fingerprint density at radius 2 is 2.18 bits per heavy atom. The summed E-state index contributed by atoms with van der Waals surface area (Å²) < 4.78 is 12.8. The summed E-state index contributed by atoms with van der Waals surface area (Å²) in [7, 11) is 1.66. The fourth-order valence-electron chi connectivity index (χ4n) is 3.28. The third-order valence-corrected chi connectivity index (χ3v) is 4.54. The van der Waals surface area contributed by atoms with Crippen LogP contribution in [0.5, 0.6) is 5.75 Å². The Kier molecular flexibility index (Phi) is 7.25. The molecule has 0 amide bonds. The molecule has 2 aromatic rings. The Balaban J connectivity index is 1.65. The van der Waals surface area contributed by atoms with Gasteiger partial charge in [-0.2, -0.15) is 5.10 Å². The van der Waals surface area contributed by atoms with Crippen LogP contribution in [-0.2, 0) is 30.9 Å². The molecule has 0 saturated heterocycles. The normalized spacial score (nSPS) is 16.5. The molecule has 0 radical (unpaired) electrons. The molecule has 3 rings (SSSR count). The van der Waals surface area contributed by atoms with E-state index >= 15 is 0 Å². The van der Waals surface area contributed by atoms with Crippen LogP contribution in [0.4, 0.5) is 0 Å². The van der Waals surface area contributed by atoms with E-state index in [4.69, 9.17) is 14.5 Å². The van der Waals surface area contributed by atoms with E-state index in [-0.39, 0.29) is 6.04 Å². The van der Waals surface area contributed by atoms with E-state index in [9.17, 15) is 0 Å². The lowest BCUT2D eigenvalue weighted by atomic mass is 10.1. The van der Waals surface area contributed by atoms with Gasteiger partial charge in [0.25, 0.3) is 0 Å². The summed E-state index contributed by atoms with van der Waals surface area (Å²) in [5.74, 6) is 3.46. The van der Waals surface area contributed by atoms with E-state index in [1.807, 2.05) is 29.8 Å². The average Bonchev–Trinajstić information content (AvgIpc) is 3.09. The molecule has 8 nitrogen and oxygen atoms in total. The highest BCUT2D eigenvalue weighted by atomic mass is 16.5. The van der Waals surface area contributed by atoms with Crippen LogP contribution in [0.2, 0.25) is 0 Å². The van der Waals surface area contributed by atoms with Gasteiger partial charge in [-0.3, -0.25) is 0 Å². The molecule has 2 N–H and O–H groups in total. The molecule has 0 bridgehead atoms. The standard InChI is InChI=1S/C20H30N6O2/c1-4-21-20(22-12-15-8-6-7-9-17(15)28-5-2)23-16-10-11-19-24-18(14-27-3)25-26(19)13-16/h6-9,16H,4-5,10-14H2,1-3H3,(H2,21,22,23). The molecule has 0 spiro atoms. The van der Waals surface area contributed by atoms with Crippen molar-refractivity contribution in [1.82, 2.24) is 25.4 Å². The lowest BCUT2D eigenvalue weighted by Gasteiger charge is -2.25. The molecular weight excluding hydrogens is 356 g/mol. The first kappa shape index (κ1) is 20.1. The molecule has 152 valence electrons. The van der Waals surface area contributed by atoms with Gasteiger partial charge < -0.3 is 20.1 Å². The first-order valence-electron chi connectivity index (χ1n) is 9.90. The SMILES string of the molecule is CCNC(=NCc1ccccc1OCC)NC1CCc2nc(COC)nn2C1. The molecular formula is C20H30N6O2. The fourth-order valence-corrected chi connectivity index (χ4v) is 3.28. The van der Waals surface area contributed by atoms with Crippen molar-refractivity contribution in [3.63, 3.8) is 0 Å². The van der Waals surface area contributed by atoms with Crippen LogP contribution < -0.4 is 15.4 Å². The van der Waals surface area contributed by atoms with E-state index in [2.05, 4.69) is 33.7 Å². The second-order valence-corrected chi connectivity index (χ2v) is 6.68. The van der Waals surface area contributed by atoms with E-state index in [1.54, 1.807) is 7.11 Å². The number of fused-ring (bicyclic) bond motifs is 1. The highest BCUT2D eigenvalue weighted by Crippen LogP contribution is 2.19. The third-order valence-electron chi connectivity index (χ3n) is 4.54. The van der Waals surface area contributed by atoms with Crippen LogP contribution in [0.3, 0.4) is 0 Å². The largest absolute Gasteiger partial charge is 0.494 e. The number of benzene rings is 1. The van der Waals surface area contributed by atoms with Gasteiger partial charge in [-0.05, 0) is 26.3 Å². The predicted molar refractivity (Wildman–Crippen MR) is 108 cm³/mol. The van der Waals surface area contributed by atoms with Crippen molar-refractivity contribution in [3.05, 3.63) is 41.5 Å². The number of aliphatic imine (C=N–C) groups is 1. The number of para-hydroxylation sites is 1. The third kappa shape index (κ3) is 5.22. The number of hydrogen-bond donors (Lipinski definition) is 2. The highest BCUT2D eigenvalue weighted by molar-refractivity contribution is 5.80. The summed E-state index contributed by atoms with van der Waals surface area (Å²) in [6, 6.07) is 8.29. The topological polar surface area (TPSA) is 85.6 Å². The molecule has 28 heavy (non-hydrogen) atoms. The maximum Gasteiger partial charge on any atom is 0.191 e. The molecule has 0 saturated carbocycles. The zero-order valence-electron chi connectivity index (χ0n) is 16.9. The van der Waals surface area contributed by atoms with Crippen LogP contribution in [0.15, 0.2) is 29.3 Å². The van der Waals surface area contributed by atoms with E-state index in [0.717, 1.165) is 54.9 Å². The monoisotopic (exact) mass is 386 g/mol. The molecule has 8 heteroatoms. The predicted octanol–water partition coefficient (Wildman–Crippen LogP) is 1.89. The molecule has 2 heterocycles. The second kappa shape index (κ2) is 10.1. The van der Waals surface area contributed by atoms with Crippen LogP contribution in [0.25, 0.3) is 0 Å². The number of ether oxygens (including phenoxy) is 2. The Bertz CT molecular complexity index is 789. The van der Waals surface area contributed by atoms with Gasteiger partial charge in [0.15, 0.2) is 11.8 Å². The Morgan fingerprint density at radius 3 is 2.96 bits per heavy atom. The number of guanidine groups is 1. The first-order chi connectivity index (χ1) is 13.7. The molecule has 1 aromatic heterocycles. The van der Waals surface area contributed by atoms with Crippen molar-refractivity contribution < 1.29 is 9.47 Å². The number of aromatic nitrogens is 3. The summed E-state index contributed by atoms with van der Waals surface area (Å²) in [6.07, 6.45) is 1.88. The minimum absolute atomic E-state index is 0.254. The number of aryl methyl sites for hydroxylation is 1. The second-order valence-electron chi connectivity index (χ2n) is 6.68. The van der Waals surface area contributed by atoms with Crippen molar-refractivity contribution in [2.45, 2.75) is 52.4 Å². The maximum atomic E-state index is 5.70. The van der Waals surface area contributed by atoms with Gasteiger partial charge >= 0.3 is 0 Å². The Morgan fingerprint density at radius 1 is 1.32 bits per heavy atom. The van der Waals surface area contributed by atoms with Crippen molar-refractivity contribution in [2.24, 2.45) is 4.99 Å². The van der Waals surface area contributed by atoms with Crippen molar-refractivity contribution in [2.75, 3.05) is 20.3 Å². The zero-order valence-corrected chi connectivity index (χ0v) is 16.9. The Labute approximate surface area is 166 Å². The average molecular weight is 387 g/mol. The van der Waals surface area contributed by atoms with Gasteiger partial charge in [-0.15, -0.1) is 0 Å². The fraction of sp³-hybridized carbons (Fsp3) is 0.550. The number of nitrogens with one attached hydrogen (secondary N) is 2. The maximum absolute atomic E-state index is 5.70. The Hall–Kier alpha value is -2.61. The van der Waals surface area contributed by atoms with Gasteiger partial charge in [0, 0.05) is 31.7 Å². The molecule has 0 fully saturated rings. The summed E-state index contributed by atoms with van der Waals surface area (Å²) in [5, 5.41) is 11.4. The van der Waals surface area contributed by atoms with Crippen molar-refractivity contribution in [1.29, 1.82) is 0 Å². The summed E-state index contributed by atoms with van der Waals surface area (Å²) in [5.41, 5.74) is 1.08. The molecule has 1 unspecified atom stereocenters. The van der Waals surface area contributed by atoms with Gasteiger partial charge in [-0.1, -0.05) is 18.2 Å². The lowest BCUT2D eigenvalue weighted by Crippen LogP contribution is -2.47. The lowest BCUT2D eigenvalue weighted by molar-refractivity contribution is 0.177. The number of hydrogen-bond acceptors (Lipinski definition) is 5. The van der Waals surface area contributed by atoms with E-state index < -0.39 is 0 Å². The van der Waals surface area contributed by atoms with Gasteiger partial charge in [0.1, 0.15) is 18.2 Å². The molecule has 1 aliphatic rings. The molecule has 0 aliphatic carbocycles. The summed E-state index contributed by atoms with van der Waals surface area (Å²) in [4.78, 5) is 9.29. The summed E-state index contributed by atoms with van der Waals surface area (Å²) >= 11 is 0. The van der Waals surface area contributed by atoms with Gasteiger partial charge in [0.05, 0.1) is 19.7 Å². The minimum atomic E-state index is 0.254. The van der Waals surface area contributed by atoms with Crippen LogP contribution in [0, 0.1) is 0 Å². The number of rotatable bonds is 8. The van der Waals surface area contributed by atoms with Crippen molar-refractivity contribution >= 4 is 5.96 Å². The number of methoxy groups -OCH3 is 1. The van der Waals surface area contributed by atoms with Crippen LogP contribution in [0.1, 0.15) is 37.5 Å². The number of nitrogens with zero attached hydrogens (tertiary/aromatic N) is 4. The van der Waals surface area contributed by atoms with Crippen LogP contribution in [-0.4, -0.2) is 47.0 Å². The minimum Gasteiger partial charge on any atom is -0.494 e.